The Kier molecular flexibility index (Phi) is 5.38. The molecule has 0 aliphatic rings. The lowest BCUT2D eigenvalue weighted by Gasteiger charge is -2.16. The molecule has 110 valence electrons. The van der Waals surface area contributed by atoms with Gasteiger partial charge in [0.25, 0.3) is 0 Å². The maximum absolute atomic E-state index is 11.1. The van der Waals surface area contributed by atoms with Crippen LogP contribution in [0.15, 0.2) is 54.6 Å². The molecule has 21 heavy (non-hydrogen) atoms. The summed E-state index contributed by atoms with van der Waals surface area (Å²) in [5, 5.41) is 6.27. The van der Waals surface area contributed by atoms with E-state index in [-0.39, 0.29) is 5.91 Å². The zero-order chi connectivity index (χ0) is 15.1. The number of rotatable bonds is 6. The summed E-state index contributed by atoms with van der Waals surface area (Å²) in [7, 11) is 0. The molecule has 0 aliphatic carbocycles. The smallest absolute Gasteiger partial charge is 0.221 e. The Hall–Kier alpha value is -2.29. The molecule has 0 radical (unpaired) electrons. The van der Waals surface area contributed by atoms with Crippen molar-refractivity contribution in [3.63, 3.8) is 0 Å². The minimum atomic E-state index is -0.0516. The van der Waals surface area contributed by atoms with Crippen molar-refractivity contribution in [2.75, 3.05) is 10.6 Å². The van der Waals surface area contributed by atoms with Crippen LogP contribution in [0.1, 0.15) is 25.8 Å². The van der Waals surface area contributed by atoms with Gasteiger partial charge in [-0.3, -0.25) is 4.79 Å². The predicted octanol–water partition coefficient (Wildman–Crippen LogP) is 4.08. The number of carbonyl (C=O) groups excluding carboxylic acids is 1. The molecule has 0 saturated heterocycles. The summed E-state index contributed by atoms with van der Waals surface area (Å²) in [5.74, 6) is -0.0516. The van der Waals surface area contributed by atoms with Gasteiger partial charge in [0.15, 0.2) is 0 Å². The molecular weight excluding hydrogens is 260 g/mol. The summed E-state index contributed by atoms with van der Waals surface area (Å²) in [5.41, 5.74) is 3.21. The van der Waals surface area contributed by atoms with Crippen molar-refractivity contribution < 1.29 is 4.79 Å². The maximum atomic E-state index is 11.1. The summed E-state index contributed by atoms with van der Waals surface area (Å²) >= 11 is 0. The number of hydrogen-bond donors (Lipinski definition) is 2. The van der Waals surface area contributed by atoms with Gasteiger partial charge in [-0.2, -0.15) is 0 Å². The fourth-order valence-electron chi connectivity index (χ4n) is 2.27. The van der Waals surface area contributed by atoms with Gasteiger partial charge in [0.2, 0.25) is 5.91 Å². The van der Waals surface area contributed by atoms with Gasteiger partial charge in [-0.15, -0.1) is 0 Å². The molecule has 2 N–H and O–H groups in total. The third kappa shape index (κ3) is 5.30. The highest BCUT2D eigenvalue weighted by Gasteiger charge is 2.04. The monoisotopic (exact) mass is 282 g/mol. The van der Waals surface area contributed by atoms with Gasteiger partial charge < -0.3 is 10.6 Å². The van der Waals surface area contributed by atoms with E-state index in [2.05, 4.69) is 41.8 Å². The number of carbonyl (C=O) groups is 1. The molecule has 0 saturated carbocycles. The van der Waals surface area contributed by atoms with E-state index in [9.17, 15) is 4.79 Å². The molecular formula is C18H22N2O. The number of amides is 1. The lowest BCUT2D eigenvalue weighted by atomic mass is 10.1. The van der Waals surface area contributed by atoms with Gasteiger partial charge in [-0.25, -0.2) is 0 Å². The molecule has 3 nitrogen and oxygen atoms in total. The normalized spacial score (nSPS) is 11.7. The Balaban J connectivity index is 1.87. The van der Waals surface area contributed by atoms with Crippen molar-refractivity contribution in [2.24, 2.45) is 0 Å². The first-order valence-corrected chi connectivity index (χ1v) is 7.31. The lowest BCUT2D eigenvalue weighted by Crippen LogP contribution is -2.16. The van der Waals surface area contributed by atoms with E-state index in [4.69, 9.17) is 0 Å². The minimum Gasteiger partial charge on any atom is -0.383 e. The molecule has 0 spiro atoms. The Morgan fingerprint density at radius 3 is 2.48 bits per heavy atom. The zero-order valence-corrected chi connectivity index (χ0v) is 12.6. The van der Waals surface area contributed by atoms with Crippen LogP contribution in [0.3, 0.4) is 0 Å². The van der Waals surface area contributed by atoms with Gasteiger partial charge in [0.1, 0.15) is 0 Å². The van der Waals surface area contributed by atoms with Gasteiger partial charge in [0, 0.05) is 24.3 Å². The first-order chi connectivity index (χ1) is 10.1. The SMILES string of the molecule is CC(=O)Nc1cccc(NC(C)CCc2ccccc2)c1. The van der Waals surface area contributed by atoms with Crippen LogP contribution in [0, 0.1) is 0 Å². The third-order valence-corrected chi connectivity index (χ3v) is 3.30. The summed E-state index contributed by atoms with van der Waals surface area (Å²) in [6.07, 6.45) is 2.12. The molecule has 0 aromatic heterocycles. The lowest BCUT2D eigenvalue weighted by molar-refractivity contribution is -0.114. The van der Waals surface area contributed by atoms with Crippen LogP contribution in [0.2, 0.25) is 0 Å². The molecule has 2 rings (SSSR count). The largest absolute Gasteiger partial charge is 0.383 e. The molecule has 0 heterocycles. The van der Waals surface area contributed by atoms with Crippen LogP contribution in [0.25, 0.3) is 0 Å². The fraction of sp³-hybridized carbons (Fsp3) is 0.278. The quantitative estimate of drug-likeness (QED) is 0.838. The Morgan fingerprint density at radius 2 is 1.76 bits per heavy atom. The predicted molar refractivity (Wildman–Crippen MR) is 88.6 cm³/mol. The second-order valence-corrected chi connectivity index (χ2v) is 5.33. The van der Waals surface area contributed by atoms with Crippen LogP contribution in [-0.4, -0.2) is 11.9 Å². The topological polar surface area (TPSA) is 41.1 Å². The first-order valence-electron chi connectivity index (χ1n) is 7.31. The second kappa shape index (κ2) is 7.48. The maximum Gasteiger partial charge on any atom is 0.221 e. The van der Waals surface area contributed by atoms with Crippen LogP contribution >= 0.6 is 0 Å². The second-order valence-electron chi connectivity index (χ2n) is 5.33. The van der Waals surface area contributed by atoms with E-state index in [0.717, 1.165) is 24.2 Å². The summed E-state index contributed by atoms with van der Waals surface area (Å²) < 4.78 is 0. The molecule has 0 aliphatic heterocycles. The van der Waals surface area contributed by atoms with Gasteiger partial charge in [0.05, 0.1) is 0 Å². The Labute approximate surface area is 126 Å². The molecule has 3 heteroatoms. The fourth-order valence-corrected chi connectivity index (χ4v) is 2.27. The summed E-state index contributed by atoms with van der Waals surface area (Å²) in [6, 6.07) is 18.7. The van der Waals surface area contributed by atoms with E-state index in [1.807, 2.05) is 30.3 Å². The molecule has 1 amide bonds. The van der Waals surface area contributed by atoms with E-state index in [0.29, 0.717) is 6.04 Å². The third-order valence-electron chi connectivity index (χ3n) is 3.30. The average molecular weight is 282 g/mol. The summed E-state index contributed by atoms with van der Waals surface area (Å²) in [4.78, 5) is 11.1. The highest BCUT2D eigenvalue weighted by Crippen LogP contribution is 2.17. The van der Waals surface area contributed by atoms with Crippen molar-refractivity contribution in [1.82, 2.24) is 0 Å². The number of hydrogen-bond acceptors (Lipinski definition) is 2. The van der Waals surface area contributed by atoms with Crippen molar-refractivity contribution in [3.05, 3.63) is 60.2 Å². The standard InChI is InChI=1S/C18H22N2O/c1-14(11-12-16-7-4-3-5-8-16)19-17-9-6-10-18(13-17)20-15(2)21/h3-10,13-14,19H,11-12H2,1-2H3,(H,20,21). The van der Waals surface area contributed by atoms with E-state index in [1.54, 1.807) is 0 Å². The average Bonchev–Trinajstić information content (AvgIpc) is 2.46. The van der Waals surface area contributed by atoms with Crippen molar-refractivity contribution >= 4 is 17.3 Å². The number of aryl methyl sites for hydroxylation is 1. The highest BCUT2D eigenvalue weighted by molar-refractivity contribution is 5.89. The molecule has 1 unspecified atom stereocenters. The highest BCUT2D eigenvalue weighted by atomic mass is 16.1. The van der Waals surface area contributed by atoms with Gasteiger partial charge in [-0.05, 0) is 43.5 Å². The zero-order valence-electron chi connectivity index (χ0n) is 12.6. The number of nitrogens with one attached hydrogen (secondary N) is 2. The molecule has 0 fully saturated rings. The molecule has 1 atom stereocenters. The molecule has 2 aromatic carbocycles. The van der Waals surface area contributed by atoms with Crippen molar-refractivity contribution in [1.29, 1.82) is 0 Å². The van der Waals surface area contributed by atoms with Crippen molar-refractivity contribution in [3.8, 4) is 0 Å². The Bertz CT molecular complexity index is 581. The van der Waals surface area contributed by atoms with E-state index >= 15 is 0 Å². The first kappa shape index (κ1) is 15.1. The van der Waals surface area contributed by atoms with Gasteiger partial charge >= 0.3 is 0 Å². The van der Waals surface area contributed by atoms with Crippen LogP contribution in [-0.2, 0) is 11.2 Å². The van der Waals surface area contributed by atoms with E-state index in [1.165, 1.54) is 12.5 Å². The molecule has 0 bridgehead atoms. The Morgan fingerprint density at radius 1 is 1.05 bits per heavy atom. The summed E-state index contributed by atoms with van der Waals surface area (Å²) in [6.45, 7) is 3.69. The van der Waals surface area contributed by atoms with Gasteiger partial charge in [-0.1, -0.05) is 36.4 Å². The number of anilines is 2. The van der Waals surface area contributed by atoms with E-state index < -0.39 is 0 Å². The number of benzene rings is 2. The van der Waals surface area contributed by atoms with Crippen LogP contribution in [0.5, 0.6) is 0 Å². The van der Waals surface area contributed by atoms with Crippen LogP contribution < -0.4 is 10.6 Å². The van der Waals surface area contributed by atoms with Crippen LogP contribution in [0.4, 0.5) is 11.4 Å². The van der Waals surface area contributed by atoms with Crippen molar-refractivity contribution in [2.45, 2.75) is 32.7 Å². The minimum absolute atomic E-state index is 0.0516. The molecule has 2 aromatic rings.